The van der Waals surface area contributed by atoms with Crippen LogP contribution in [0.1, 0.15) is 11.1 Å². The standard InChI is InChI=1S/C21H20ClN3O2/c1-14-3-6-16(12-19(14)22)24-20-10-7-17(13-23-20)25-21(26)11-15-4-8-18(27-2)9-5-15/h3-10,12-13H,11H2,1-2H3,(H,23,24)(H,25,26). The molecule has 5 nitrogen and oxygen atoms in total. The molecule has 27 heavy (non-hydrogen) atoms. The molecule has 1 aromatic heterocycles. The number of benzene rings is 2. The third-order valence-electron chi connectivity index (χ3n) is 4.02. The number of rotatable bonds is 6. The first-order valence-corrected chi connectivity index (χ1v) is 8.83. The van der Waals surface area contributed by atoms with Crippen LogP contribution in [-0.2, 0) is 11.2 Å². The number of anilines is 3. The fraction of sp³-hybridized carbons (Fsp3) is 0.143. The Labute approximate surface area is 163 Å². The molecule has 0 atom stereocenters. The Balaban J connectivity index is 1.57. The van der Waals surface area contributed by atoms with Crippen LogP contribution in [0.2, 0.25) is 5.02 Å². The van der Waals surface area contributed by atoms with E-state index in [9.17, 15) is 4.79 Å². The van der Waals surface area contributed by atoms with Crippen molar-refractivity contribution in [3.05, 3.63) is 76.9 Å². The van der Waals surface area contributed by atoms with Crippen molar-refractivity contribution in [2.75, 3.05) is 17.7 Å². The van der Waals surface area contributed by atoms with E-state index in [2.05, 4.69) is 15.6 Å². The summed E-state index contributed by atoms with van der Waals surface area (Å²) in [6.07, 6.45) is 1.90. The first kappa shape index (κ1) is 18.7. The highest BCUT2D eigenvalue weighted by Gasteiger charge is 2.06. The molecule has 2 aromatic carbocycles. The number of hydrogen-bond acceptors (Lipinski definition) is 4. The molecule has 0 saturated carbocycles. The highest BCUT2D eigenvalue weighted by molar-refractivity contribution is 6.31. The summed E-state index contributed by atoms with van der Waals surface area (Å²) in [5.41, 5.74) is 3.43. The molecule has 0 bridgehead atoms. The van der Waals surface area contributed by atoms with E-state index in [-0.39, 0.29) is 12.3 Å². The normalized spacial score (nSPS) is 10.3. The largest absolute Gasteiger partial charge is 0.497 e. The van der Waals surface area contributed by atoms with Crippen LogP contribution in [-0.4, -0.2) is 18.0 Å². The Morgan fingerprint density at radius 2 is 1.81 bits per heavy atom. The predicted octanol–water partition coefficient (Wildman–Crippen LogP) is 4.98. The number of aromatic nitrogens is 1. The van der Waals surface area contributed by atoms with Gasteiger partial charge >= 0.3 is 0 Å². The Morgan fingerprint density at radius 1 is 1.07 bits per heavy atom. The van der Waals surface area contributed by atoms with E-state index in [4.69, 9.17) is 16.3 Å². The third kappa shape index (κ3) is 5.21. The lowest BCUT2D eigenvalue weighted by Crippen LogP contribution is -2.14. The topological polar surface area (TPSA) is 63.2 Å². The molecule has 2 N–H and O–H groups in total. The number of hydrogen-bond donors (Lipinski definition) is 2. The fourth-order valence-corrected chi connectivity index (χ4v) is 2.67. The zero-order valence-corrected chi connectivity index (χ0v) is 15.9. The first-order chi connectivity index (χ1) is 13.0. The molecule has 3 aromatic rings. The van der Waals surface area contributed by atoms with Gasteiger partial charge in [0.25, 0.3) is 0 Å². The van der Waals surface area contributed by atoms with Crippen LogP contribution >= 0.6 is 11.6 Å². The smallest absolute Gasteiger partial charge is 0.228 e. The van der Waals surface area contributed by atoms with Gasteiger partial charge in [-0.05, 0) is 54.4 Å². The Hall–Kier alpha value is -3.05. The minimum Gasteiger partial charge on any atom is -0.497 e. The predicted molar refractivity (Wildman–Crippen MR) is 109 cm³/mol. The highest BCUT2D eigenvalue weighted by atomic mass is 35.5. The van der Waals surface area contributed by atoms with Crippen LogP contribution in [0.3, 0.4) is 0 Å². The van der Waals surface area contributed by atoms with E-state index >= 15 is 0 Å². The molecule has 138 valence electrons. The van der Waals surface area contributed by atoms with Crippen LogP contribution in [0, 0.1) is 6.92 Å². The third-order valence-corrected chi connectivity index (χ3v) is 4.42. The van der Waals surface area contributed by atoms with Gasteiger partial charge in [-0.3, -0.25) is 4.79 Å². The average Bonchev–Trinajstić information content (AvgIpc) is 2.67. The molecule has 6 heteroatoms. The number of aryl methyl sites for hydroxylation is 1. The summed E-state index contributed by atoms with van der Waals surface area (Å²) < 4.78 is 5.11. The van der Waals surface area contributed by atoms with E-state index in [0.717, 1.165) is 22.6 Å². The highest BCUT2D eigenvalue weighted by Crippen LogP contribution is 2.23. The fourth-order valence-electron chi connectivity index (χ4n) is 2.49. The quantitative estimate of drug-likeness (QED) is 0.632. The second-order valence-corrected chi connectivity index (χ2v) is 6.50. The summed E-state index contributed by atoms with van der Waals surface area (Å²) in [7, 11) is 1.61. The summed E-state index contributed by atoms with van der Waals surface area (Å²) in [6, 6.07) is 16.7. The van der Waals surface area contributed by atoms with Crippen LogP contribution in [0.15, 0.2) is 60.8 Å². The molecular weight excluding hydrogens is 362 g/mol. The summed E-state index contributed by atoms with van der Waals surface area (Å²) in [5, 5.41) is 6.72. The molecule has 0 aliphatic heterocycles. The molecule has 0 saturated heterocycles. The molecule has 0 aliphatic rings. The minimum absolute atomic E-state index is 0.104. The maximum atomic E-state index is 12.2. The van der Waals surface area contributed by atoms with Gasteiger partial charge in [0.1, 0.15) is 11.6 Å². The number of nitrogens with one attached hydrogen (secondary N) is 2. The molecular formula is C21H20ClN3O2. The van der Waals surface area contributed by atoms with Gasteiger partial charge in [-0.15, -0.1) is 0 Å². The lowest BCUT2D eigenvalue weighted by molar-refractivity contribution is -0.115. The molecule has 3 rings (SSSR count). The zero-order chi connectivity index (χ0) is 19.2. The van der Waals surface area contributed by atoms with E-state index in [1.807, 2.05) is 49.4 Å². The number of amides is 1. The van der Waals surface area contributed by atoms with Crippen LogP contribution in [0.5, 0.6) is 5.75 Å². The van der Waals surface area contributed by atoms with Gasteiger partial charge < -0.3 is 15.4 Å². The molecule has 1 heterocycles. The van der Waals surface area contributed by atoms with E-state index < -0.39 is 0 Å². The monoisotopic (exact) mass is 381 g/mol. The van der Waals surface area contributed by atoms with Gasteiger partial charge in [0, 0.05) is 10.7 Å². The van der Waals surface area contributed by atoms with Crippen molar-refractivity contribution in [1.82, 2.24) is 4.98 Å². The van der Waals surface area contributed by atoms with Gasteiger partial charge in [-0.25, -0.2) is 4.98 Å². The van der Waals surface area contributed by atoms with Gasteiger partial charge in [-0.2, -0.15) is 0 Å². The van der Waals surface area contributed by atoms with Crippen molar-refractivity contribution in [3.63, 3.8) is 0 Å². The summed E-state index contributed by atoms with van der Waals surface area (Å²) >= 11 is 6.13. The average molecular weight is 382 g/mol. The van der Waals surface area contributed by atoms with E-state index in [0.29, 0.717) is 16.5 Å². The molecule has 0 unspecified atom stereocenters. The van der Waals surface area contributed by atoms with Crippen molar-refractivity contribution >= 4 is 34.7 Å². The first-order valence-electron chi connectivity index (χ1n) is 8.45. The van der Waals surface area contributed by atoms with Crippen molar-refractivity contribution in [2.45, 2.75) is 13.3 Å². The van der Waals surface area contributed by atoms with Crippen molar-refractivity contribution in [2.24, 2.45) is 0 Å². The summed E-state index contributed by atoms with van der Waals surface area (Å²) in [5.74, 6) is 1.33. The summed E-state index contributed by atoms with van der Waals surface area (Å²) in [6.45, 7) is 1.95. The van der Waals surface area contributed by atoms with Crippen LogP contribution < -0.4 is 15.4 Å². The number of nitrogens with zero attached hydrogens (tertiary/aromatic N) is 1. The number of carbonyl (C=O) groups is 1. The van der Waals surface area contributed by atoms with Gasteiger partial charge in [0.05, 0.1) is 25.4 Å². The van der Waals surface area contributed by atoms with Gasteiger partial charge in [0.2, 0.25) is 5.91 Å². The summed E-state index contributed by atoms with van der Waals surface area (Å²) in [4.78, 5) is 16.5. The number of carbonyl (C=O) groups excluding carboxylic acids is 1. The second-order valence-electron chi connectivity index (χ2n) is 6.09. The lowest BCUT2D eigenvalue weighted by atomic mass is 10.1. The maximum Gasteiger partial charge on any atom is 0.228 e. The molecule has 0 radical (unpaired) electrons. The maximum absolute atomic E-state index is 12.2. The molecule has 0 spiro atoms. The van der Waals surface area contributed by atoms with Crippen LogP contribution in [0.25, 0.3) is 0 Å². The molecule has 0 fully saturated rings. The van der Waals surface area contributed by atoms with Crippen molar-refractivity contribution < 1.29 is 9.53 Å². The molecule has 0 aliphatic carbocycles. The van der Waals surface area contributed by atoms with Crippen LogP contribution in [0.4, 0.5) is 17.2 Å². The van der Waals surface area contributed by atoms with Gasteiger partial charge in [0.15, 0.2) is 0 Å². The number of ether oxygens (including phenoxy) is 1. The SMILES string of the molecule is COc1ccc(CC(=O)Nc2ccc(Nc3ccc(C)c(Cl)c3)nc2)cc1. The van der Waals surface area contributed by atoms with Gasteiger partial charge in [-0.1, -0.05) is 29.8 Å². The Morgan fingerprint density at radius 3 is 2.44 bits per heavy atom. The second kappa shape index (κ2) is 8.56. The Kier molecular flexibility index (Phi) is 5.94. The number of methoxy groups -OCH3 is 1. The molecule has 1 amide bonds. The van der Waals surface area contributed by atoms with E-state index in [1.165, 1.54) is 0 Å². The minimum atomic E-state index is -0.104. The lowest BCUT2D eigenvalue weighted by Gasteiger charge is -2.09. The number of halogens is 1. The zero-order valence-electron chi connectivity index (χ0n) is 15.1. The van der Waals surface area contributed by atoms with Crippen molar-refractivity contribution in [1.29, 1.82) is 0 Å². The van der Waals surface area contributed by atoms with E-state index in [1.54, 1.807) is 25.4 Å². The number of pyridine rings is 1. The Bertz CT molecular complexity index is 925. The van der Waals surface area contributed by atoms with Crippen molar-refractivity contribution in [3.8, 4) is 5.75 Å².